The van der Waals surface area contributed by atoms with E-state index < -0.39 is 5.41 Å². The molecule has 0 fully saturated rings. The van der Waals surface area contributed by atoms with Crippen LogP contribution in [-0.4, -0.2) is 9.97 Å². The third kappa shape index (κ3) is 6.50. The van der Waals surface area contributed by atoms with Crippen LogP contribution in [-0.2, 0) is 5.41 Å². The number of hydrogen-bond acceptors (Lipinski definition) is 2. The van der Waals surface area contributed by atoms with E-state index >= 15 is 0 Å². The van der Waals surface area contributed by atoms with Gasteiger partial charge in [0.25, 0.3) is 0 Å². The van der Waals surface area contributed by atoms with Crippen LogP contribution in [0.25, 0.3) is 89.2 Å². The molecule has 1 aromatic heterocycles. The van der Waals surface area contributed by atoms with Gasteiger partial charge in [0.15, 0.2) is 5.82 Å². The number of nitrogens with zero attached hydrogens (tertiary/aromatic N) is 2. The first-order chi connectivity index (χ1) is 32.2. The first kappa shape index (κ1) is 38.2. The molecule has 0 amide bonds. The summed E-state index contributed by atoms with van der Waals surface area (Å²) in [5.41, 5.74) is 19.2. The van der Waals surface area contributed by atoms with Gasteiger partial charge in [0.1, 0.15) is 0 Å². The topological polar surface area (TPSA) is 25.8 Å². The molecule has 0 radical (unpaired) electrons. The van der Waals surface area contributed by atoms with Crippen molar-refractivity contribution in [3.8, 4) is 78.4 Å². The summed E-state index contributed by atoms with van der Waals surface area (Å²) in [5.74, 6) is 0.701. The lowest BCUT2D eigenvalue weighted by molar-refractivity contribution is 0.768. The molecule has 1 heterocycles. The largest absolute Gasteiger partial charge is 0.228 e. The summed E-state index contributed by atoms with van der Waals surface area (Å²) in [5, 5.41) is 2.31. The molecule has 304 valence electrons. The maximum atomic E-state index is 5.27. The van der Waals surface area contributed by atoms with Crippen LogP contribution in [0.2, 0.25) is 0 Å². The van der Waals surface area contributed by atoms with Gasteiger partial charge in [-0.25, -0.2) is 9.97 Å². The fourth-order valence-corrected chi connectivity index (χ4v) is 10.3. The van der Waals surface area contributed by atoms with Crippen molar-refractivity contribution in [2.45, 2.75) is 5.41 Å². The summed E-state index contributed by atoms with van der Waals surface area (Å²) >= 11 is 0. The van der Waals surface area contributed by atoms with Gasteiger partial charge in [-0.1, -0.05) is 243 Å². The Labute approximate surface area is 379 Å². The van der Waals surface area contributed by atoms with Crippen LogP contribution >= 0.6 is 0 Å². The third-order valence-corrected chi connectivity index (χ3v) is 13.2. The molecule has 0 unspecified atom stereocenters. The number of fused-ring (bicyclic) bond motifs is 4. The lowest BCUT2D eigenvalue weighted by Crippen LogP contribution is -2.28. The summed E-state index contributed by atoms with van der Waals surface area (Å²) in [4.78, 5) is 10.4. The summed E-state index contributed by atoms with van der Waals surface area (Å²) in [6.45, 7) is 0. The van der Waals surface area contributed by atoms with Gasteiger partial charge in [0, 0.05) is 16.7 Å². The van der Waals surface area contributed by atoms with E-state index in [1.54, 1.807) is 0 Å². The molecule has 10 aromatic carbocycles. The quantitative estimate of drug-likeness (QED) is 0.152. The number of aromatic nitrogens is 2. The molecule has 2 nitrogen and oxygen atoms in total. The molecule has 1 aliphatic carbocycles. The Hall–Kier alpha value is -8.46. The zero-order valence-electron chi connectivity index (χ0n) is 35.6. The highest BCUT2D eigenvalue weighted by atomic mass is 14.9. The fraction of sp³-hybridized carbons (Fsp3) is 0.0159. The fourth-order valence-electron chi connectivity index (χ4n) is 10.3. The standard InChI is InChI=1S/C63H42N2/c1-5-19-43(20-6-1)44-35-37-45(38-36-44)59-42-60(65-62(64-59)46-21-7-2-8-22-46)55-40-39-51(53-29-13-14-30-54(53)55)47-23-17-24-48(41-47)52-32-18-34-58-61(52)56-31-15-16-33-57(56)63(58,49-25-9-3-10-26-49)50-27-11-4-12-28-50/h1-42H. The second-order valence-electron chi connectivity index (χ2n) is 16.8. The van der Waals surface area contributed by atoms with Crippen LogP contribution < -0.4 is 0 Å². The second kappa shape index (κ2) is 16.0. The highest BCUT2D eigenvalue weighted by Gasteiger charge is 2.46. The third-order valence-electron chi connectivity index (χ3n) is 13.2. The Kier molecular flexibility index (Phi) is 9.43. The molecule has 0 saturated heterocycles. The Bertz CT molecular complexity index is 3470. The van der Waals surface area contributed by atoms with E-state index in [2.05, 4.69) is 237 Å². The van der Waals surface area contributed by atoms with Crippen molar-refractivity contribution in [1.29, 1.82) is 0 Å². The normalized spacial score (nSPS) is 12.4. The van der Waals surface area contributed by atoms with E-state index in [1.165, 1.54) is 72.1 Å². The molecule has 0 spiro atoms. The van der Waals surface area contributed by atoms with E-state index in [0.29, 0.717) is 5.82 Å². The Morgan fingerprint density at radius 3 is 1.42 bits per heavy atom. The van der Waals surface area contributed by atoms with Crippen LogP contribution in [0.4, 0.5) is 0 Å². The summed E-state index contributed by atoms with van der Waals surface area (Å²) in [7, 11) is 0. The van der Waals surface area contributed by atoms with Crippen molar-refractivity contribution in [3.63, 3.8) is 0 Å². The number of benzene rings is 10. The maximum absolute atomic E-state index is 5.27. The molecule has 0 bridgehead atoms. The molecule has 12 rings (SSSR count). The average molecular weight is 827 g/mol. The van der Waals surface area contributed by atoms with Crippen LogP contribution in [0.1, 0.15) is 22.3 Å². The molecule has 0 N–H and O–H groups in total. The summed E-state index contributed by atoms with van der Waals surface area (Å²) < 4.78 is 0. The molecule has 0 aliphatic heterocycles. The van der Waals surface area contributed by atoms with E-state index in [1.807, 2.05) is 18.2 Å². The molecular weight excluding hydrogens is 785 g/mol. The van der Waals surface area contributed by atoms with Gasteiger partial charge in [-0.3, -0.25) is 0 Å². The Morgan fingerprint density at radius 1 is 0.262 bits per heavy atom. The van der Waals surface area contributed by atoms with Gasteiger partial charge in [0.2, 0.25) is 0 Å². The minimum atomic E-state index is -0.457. The van der Waals surface area contributed by atoms with Crippen LogP contribution in [0.15, 0.2) is 255 Å². The molecule has 65 heavy (non-hydrogen) atoms. The highest BCUT2D eigenvalue weighted by molar-refractivity contribution is 6.05. The predicted octanol–water partition coefficient (Wildman–Crippen LogP) is 16.0. The van der Waals surface area contributed by atoms with Crippen LogP contribution in [0.3, 0.4) is 0 Å². The van der Waals surface area contributed by atoms with E-state index in [4.69, 9.17) is 9.97 Å². The molecule has 11 aromatic rings. The zero-order valence-corrected chi connectivity index (χ0v) is 35.6. The summed E-state index contributed by atoms with van der Waals surface area (Å²) in [6, 6.07) is 91.9. The monoisotopic (exact) mass is 826 g/mol. The van der Waals surface area contributed by atoms with E-state index in [9.17, 15) is 0 Å². The molecule has 0 atom stereocenters. The SMILES string of the molecule is c1ccc(-c2ccc(-c3cc(-c4ccc(-c5cccc(-c6cccc7c6-c6ccccc6C7(c6ccccc6)c6ccccc6)c5)c5ccccc45)nc(-c4ccccc4)n3)cc2)cc1. The zero-order chi connectivity index (χ0) is 43.2. The first-order valence-electron chi connectivity index (χ1n) is 22.3. The van der Waals surface area contributed by atoms with Crippen molar-refractivity contribution in [2.75, 3.05) is 0 Å². The molecular formula is C63H42N2. The average Bonchev–Trinajstić information content (AvgIpc) is 3.70. The van der Waals surface area contributed by atoms with Gasteiger partial charge < -0.3 is 0 Å². The van der Waals surface area contributed by atoms with Crippen molar-refractivity contribution < 1.29 is 0 Å². The number of rotatable bonds is 8. The lowest BCUT2D eigenvalue weighted by Gasteiger charge is -2.34. The smallest absolute Gasteiger partial charge is 0.160 e. The lowest BCUT2D eigenvalue weighted by atomic mass is 9.67. The van der Waals surface area contributed by atoms with Crippen molar-refractivity contribution in [2.24, 2.45) is 0 Å². The van der Waals surface area contributed by atoms with E-state index in [0.717, 1.165) is 33.5 Å². The second-order valence-corrected chi connectivity index (χ2v) is 16.8. The Balaban J connectivity index is 0.988. The van der Waals surface area contributed by atoms with Crippen molar-refractivity contribution in [3.05, 3.63) is 277 Å². The van der Waals surface area contributed by atoms with Gasteiger partial charge in [-0.15, -0.1) is 0 Å². The van der Waals surface area contributed by atoms with Gasteiger partial charge in [-0.05, 0) is 89.7 Å². The first-order valence-corrected chi connectivity index (χ1v) is 22.3. The van der Waals surface area contributed by atoms with Gasteiger partial charge in [-0.2, -0.15) is 0 Å². The summed E-state index contributed by atoms with van der Waals surface area (Å²) in [6.07, 6.45) is 0. The highest BCUT2D eigenvalue weighted by Crippen LogP contribution is 2.58. The Morgan fingerprint density at radius 2 is 0.723 bits per heavy atom. The maximum Gasteiger partial charge on any atom is 0.160 e. The molecule has 0 saturated carbocycles. The van der Waals surface area contributed by atoms with Gasteiger partial charge in [0.05, 0.1) is 16.8 Å². The van der Waals surface area contributed by atoms with Crippen LogP contribution in [0.5, 0.6) is 0 Å². The minimum absolute atomic E-state index is 0.457. The van der Waals surface area contributed by atoms with Crippen LogP contribution in [0, 0.1) is 0 Å². The van der Waals surface area contributed by atoms with Gasteiger partial charge >= 0.3 is 0 Å². The van der Waals surface area contributed by atoms with Crippen molar-refractivity contribution in [1.82, 2.24) is 9.97 Å². The van der Waals surface area contributed by atoms with E-state index in [-0.39, 0.29) is 0 Å². The molecule has 2 heteroatoms. The molecule has 1 aliphatic rings. The predicted molar refractivity (Wildman–Crippen MR) is 269 cm³/mol. The minimum Gasteiger partial charge on any atom is -0.228 e. The van der Waals surface area contributed by atoms with Crippen molar-refractivity contribution >= 4 is 10.8 Å². The number of hydrogen-bond donors (Lipinski definition) is 0.